The maximum absolute atomic E-state index is 12.6. The lowest BCUT2D eigenvalue weighted by Crippen LogP contribution is -2.52. The summed E-state index contributed by atoms with van der Waals surface area (Å²) < 4.78 is 0. The van der Waals surface area contributed by atoms with Crippen molar-refractivity contribution in [3.05, 3.63) is 34.3 Å². The molecule has 1 atom stereocenters. The van der Waals surface area contributed by atoms with E-state index in [2.05, 4.69) is 5.32 Å². The van der Waals surface area contributed by atoms with E-state index in [-0.39, 0.29) is 18.7 Å². The lowest BCUT2D eigenvalue weighted by atomic mass is 9.96. The number of nitrogens with one attached hydrogen (secondary N) is 1. The minimum atomic E-state index is -1.50. The first-order chi connectivity index (χ1) is 12.3. The highest BCUT2D eigenvalue weighted by Crippen LogP contribution is 2.24. The number of carbonyl (C=O) groups is 2. The first-order valence-corrected chi connectivity index (χ1v) is 9.51. The second-order valence-electron chi connectivity index (χ2n) is 6.80. The summed E-state index contributed by atoms with van der Waals surface area (Å²) in [6.45, 7) is 5.15. The Kier molecular flexibility index (Phi) is 7.17. The Hall–Kier alpha value is -1.47. The maximum Gasteiger partial charge on any atom is 0.258 e. The van der Waals surface area contributed by atoms with Crippen LogP contribution in [0.5, 0.6) is 0 Å². The van der Waals surface area contributed by atoms with Gasteiger partial charge in [-0.15, -0.1) is 0 Å². The molecule has 0 spiro atoms. The van der Waals surface area contributed by atoms with Crippen LogP contribution in [0.15, 0.2) is 18.2 Å². The highest BCUT2D eigenvalue weighted by molar-refractivity contribution is 6.30. The zero-order chi connectivity index (χ0) is 19.3. The van der Waals surface area contributed by atoms with E-state index in [4.69, 9.17) is 17.3 Å². The predicted octanol–water partition coefficient (Wildman–Crippen LogP) is 1.96. The lowest BCUT2D eigenvalue weighted by molar-refractivity contribution is -0.145. The van der Waals surface area contributed by atoms with Crippen LogP contribution >= 0.6 is 11.6 Å². The molecule has 1 saturated heterocycles. The van der Waals surface area contributed by atoms with Crippen LogP contribution in [0.3, 0.4) is 0 Å². The Balaban J connectivity index is 2.09. The molecule has 1 aromatic rings. The van der Waals surface area contributed by atoms with Crippen LogP contribution in [0.4, 0.5) is 0 Å². The number of imide groups is 1. The van der Waals surface area contributed by atoms with Gasteiger partial charge in [-0.1, -0.05) is 31.5 Å². The molecule has 1 aromatic carbocycles. The summed E-state index contributed by atoms with van der Waals surface area (Å²) >= 11 is 6.10. The third kappa shape index (κ3) is 4.62. The van der Waals surface area contributed by atoms with Crippen molar-refractivity contribution in [1.29, 1.82) is 0 Å². The highest BCUT2D eigenvalue weighted by Gasteiger charge is 2.37. The Morgan fingerprint density at radius 3 is 2.65 bits per heavy atom. The molecule has 0 unspecified atom stereocenters. The molecule has 2 rings (SSSR count). The number of halogens is 1. The Morgan fingerprint density at radius 1 is 1.35 bits per heavy atom. The molecule has 1 aliphatic rings. The fourth-order valence-corrected chi connectivity index (χ4v) is 3.55. The van der Waals surface area contributed by atoms with Gasteiger partial charge in [0.15, 0.2) is 0 Å². The van der Waals surface area contributed by atoms with Gasteiger partial charge in [0.2, 0.25) is 5.91 Å². The molecular formula is C19H28ClN3O3. The predicted molar refractivity (Wildman–Crippen MR) is 101 cm³/mol. The smallest absolute Gasteiger partial charge is 0.258 e. The third-order valence-corrected chi connectivity index (χ3v) is 5.49. The SMILES string of the molecule is CCC(O)(CC)C(=O)NC(=O)[C@@H]1CCCN1Cc1cc(Cl)ccc1CN. The molecule has 7 heteroatoms. The van der Waals surface area contributed by atoms with Gasteiger partial charge in [0, 0.05) is 18.1 Å². The quantitative estimate of drug-likeness (QED) is 0.671. The van der Waals surface area contributed by atoms with Crippen molar-refractivity contribution < 1.29 is 14.7 Å². The zero-order valence-corrected chi connectivity index (χ0v) is 16.2. The molecule has 2 amide bonds. The molecule has 1 heterocycles. The van der Waals surface area contributed by atoms with E-state index in [1.165, 1.54) is 0 Å². The minimum Gasteiger partial charge on any atom is -0.380 e. The standard InChI is InChI=1S/C19H28ClN3O3/c1-3-19(26,4-2)18(25)22-17(24)16-6-5-9-23(16)12-14-10-15(20)8-7-13(14)11-21/h7-8,10,16,26H,3-6,9,11-12,21H2,1-2H3,(H,22,24,25)/t16-/m0/s1. The highest BCUT2D eigenvalue weighted by atomic mass is 35.5. The number of nitrogens with zero attached hydrogens (tertiary/aromatic N) is 1. The second kappa shape index (κ2) is 8.95. The van der Waals surface area contributed by atoms with Crippen LogP contribution in [0.25, 0.3) is 0 Å². The number of rotatable bonds is 7. The molecular weight excluding hydrogens is 354 g/mol. The van der Waals surface area contributed by atoms with E-state index in [0.717, 1.165) is 24.1 Å². The number of aliphatic hydroxyl groups is 1. The molecule has 0 bridgehead atoms. The van der Waals surface area contributed by atoms with Gasteiger partial charge in [-0.3, -0.25) is 19.8 Å². The maximum atomic E-state index is 12.6. The topological polar surface area (TPSA) is 95.7 Å². The molecule has 1 aliphatic heterocycles. The summed E-state index contributed by atoms with van der Waals surface area (Å²) in [5, 5.41) is 13.3. The number of carbonyl (C=O) groups excluding carboxylic acids is 2. The van der Waals surface area contributed by atoms with E-state index in [0.29, 0.717) is 24.5 Å². The van der Waals surface area contributed by atoms with Crippen molar-refractivity contribution in [1.82, 2.24) is 10.2 Å². The average Bonchev–Trinajstić information content (AvgIpc) is 3.09. The Morgan fingerprint density at radius 2 is 2.04 bits per heavy atom. The van der Waals surface area contributed by atoms with Gasteiger partial charge < -0.3 is 10.8 Å². The first kappa shape index (κ1) is 20.8. The second-order valence-corrected chi connectivity index (χ2v) is 7.24. The third-order valence-electron chi connectivity index (χ3n) is 5.26. The first-order valence-electron chi connectivity index (χ1n) is 9.13. The number of likely N-dealkylation sites (tertiary alicyclic amines) is 1. The van der Waals surface area contributed by atoms with Gasteiger partial charge in [-0.2, -0.15) is 0 Å². The summed E-state index contributed by atoms with van der Waals surface area (Å²) in [6.07, 6.45) is 2.07. The molecule has 1 fully saturated rings. The fraction of sp³-hybridized carbons (Fsp3) is 0.579. The number of hydrogen-bond acceptors (Lipinski definition) is 5. The molecule has 0 radical (unpaired) electrons. The summed E-state index contributed by atoms with van der Waals surface area (Å²) in [7, 11) is 0. The number of hydrogen-bond donors (Lipinski definition) is 3. The van der Waals surface area contributed by atoms with E-state index >= 15 is 0 Å². The van der Waals surface area contributed by atoms with Crippen LogP contribution in [-0.2, 0) is 22.7 Å². The van der Waals surface area contributed by atoms with Crippen molar-refractivity contribution >= 4 is 23.4 Å². The number of benzene rings is 1. The Bertz CT molecular complexity index is 661. The van der Waals surface area contributed by atoms with Crippen molar-refractivity contribution in [2.24, 2.45) is 5.73 Å². The van der Waals surface area contributed by atoms with Crippen LogP contribution in [0.2, 0.25) is 5.02 Å². The van der Waals surface area contributed by atoms with E-state index in [9.17, 15) is 14.7 Å². The van der Waals surface area contributed by atoms with Gasteiger partial charge in [-0.25, -0.2) is 0 Å². The van der Waals surface area contributed by atoms with Crippen molar-refractivity contribution in [2.75, 3.05) is 6.54 Å². The van der Waals surface area contributed by atoms with E-state index in [1.54, 1.807) is 19.9 Å². The van der Waals surface area contributed by atoms with Crippen molar-refractivity contribution in [3.63, 3.8) is 0 Å². The zero-order valence-electron chi connectivity index (χ0n) is 15.4. The summed E-state index contributed by atoms with van der Waals surface area (Å²) in [5.41, 5.74) is 6.28. The Labute approximate surface area is 159 Å². The lowest BCUT2D eigenvalue weighted by Gasteiger charge is -2.27. The van der Waals surface area contributed by atoms with E-state index < -0.39 is 17.6 Å². The molecule has 4 N–H and O–H groups in total. The summed E-state index contributed by atoms with van der Waals surface area (Å²) in [5.74, 6) is -0.978. The monoisotopic (exact) mass is 381 g/mol. The largest absolute Gasteiger partial charge is 0.380 e. The van der Waals surface area contributed by atoms with E-state index in [1.807, 2.05) is 17.0 Å². The van der Waals surface area contributed by atoms with Crippen LogP contribution in [0.1, 0.15) is 50.7 Å². The van der Waals surface area contributed by atoms with Gasteiger partial charge in [0.05, 0.1) is 6.04 Å². The molecule has 0 aromatic heterocycles. The van der Waals surface area contributed by atoms with Crippen molar-refractivity contribution in [3.8, 4) is 0 Å². The molecule has 0 aliphatic carbocycles. The average molecular weight is 382 g/mol. The van der Waals surface area contributed by atoms with Gasteiger partial charge >= 0.3 is 0 Å². The normalized spacial score (nSPS) is 18.1. The van der Waals surface area contributed by atoms with Crippen molar-refractivity contribution in [2.45, 2.75) is 64.3 Å². The number of amides is 2. The fourth-order valence-electron chi connectivity index (χ4n) is 3.35. The van der Waals surface area contributed by atoms with Crippen LogP contribution < -0.4 is 11.1 Å². The summed E-state index contributed by atoms with van der Waals surface area (Å²) in [4.78, 5) is 26.9. The van der Waals surface area contributed by atoms with Gasteiger partial charge in [0.1, 0.15) is 5.60 Å². The molecule has 144 valence electrons. The van der Waals surface area contributed by atoms with Gasteiger partial charge in [-0.05, 0) is 55.5 Å². The van der Waals surface area contributed by atoms with Crippen LogP contribution in [-0.4, -0.2) is 40.0 Å². The van der Waals surface area contributed by atoms with Gasteiger partial charge in [0.25, 0.3) is 5.91 Å². The summed E-state index contributed by atoms with van der Waals surface area (Å²) in [6, 6.07) is 5.17. The van der Waals surface area contributed by atoms with Crippen LogP contribution in [0, 0.1) is 0 Å². The minimum absolute atomic E-state index is 0.263. The number of nitrogens with two attached hydrogens (primary N) is 1. The molecule has 26 heavy (non-hydrogen) atoms. The molecule has 0 saturated carbocycles. The molecule has 6 nitrogen and oxygen atoms in total.